The Kier molecular flexibility index (Phi) is 2.26. The number of fused-ring (bicyclic) bond motifs is 1. The molecule has 0 aliphatic carbocycles. The zero-order valence-corrected chi connectivity index (χ0v) is 9.19. The van der Waals surface area contributed by atoms with Crippen LogP contribution < -0.4 is 0 Å². The minimum Gasteiger partial charge on any atom is -0.476 e. The molecule has 0 bridgehead atoms. The van der Waals surface area contributed by atoms with E-state index in [1.807, 2.05) is 18.2 Å². The first-order valence-electron chi connectivity index (χ1n) is 5.25. The number of rotatable bonds is 2. The highest BCUT2D eigenvalue weighted by Crippen LogP contribution is 2.17. The van der Waals surface area contributed by atoms with E-state index in [1.54, 1.807) is 18.5 Å². The topological polar surface area (TPSA) is 80.4 Å². The maximum absolute atomic E-state index is 10.9. The summed E-state index contributed by atoms with van der Waals surface area (Å²) in [4.78, 5) is 19.2. The Morgan fingerprint density at radius 1 is 1.17 bits per heavy atom. The van der Waals surface area contributed by atoms with Gasteiger partial charge in [0.25, 0.3) is 0 Å². The first-order valence-corrected chi connectivity index (χ1v) is 5.25. The van der Waals surface area contributed by atoms with Gasteiger partial charge in [-0.15, -0.1) is 0 Å². The SMILES string of the molecule is O=C(O)c1cc2nccc(-c3ccccn3)n2n1. The van der Waals surface area contributed by atoms with Gasteiger partial charge in [-0.2, -0.15) is 5.10 Å². The van der Waals surface area contributed by atoms with Gasteiger partial charge in [-0.3, -0.25) is 4.98 Å². The number of pyridine rings is 1. The van der Waals surface area contributed by atoms with Gasteiger partial charge in [0.1, 0.15) is 0 Å². The summed E-state index contributed by atoms with van der Waals surface area (Å²) in [6, 6.07) is 8.67. The number of hydrogen-bond donors (Lipinski definition) is 1. The van der Waals surface area contributed by atoms with Gasteiger partial charge in [0, 0.05) is 18.5 Å². The van der Waals surface area contributed by atoms with Gasteiger partial charge in [0.05, 0.1) is 11.4 Å². The summed E-state index contributed by atoms with van der Waals surface area (Å²) in [5.74, 6) is -1.08. The number of carboxylic acids is 1. The summed E-state index contributed by atoms with van der Waals surface area (Å²) in [5.41, 5.74) is 1.86. The molecule has 0 aliphatic rings. The Hall–Kier alpha value is -2.76. The number of aromatic nitrogens is 4. The molecule has 0 aromatic carbocycles. The van der Waals surface area contributed by atoms with Crippen molar-refractivity contribution in [2.45, 2.75) is 0 Å². The van der Waals surface area contributed by atoms with Crippen LogP contribution in [0.25, 0.3) is 17.0 Å². The van der Waals surface area contributed by atoms with Crippen LogP contribution in [0, 0.1) is 0 Å². The fraction of sp³-hybridized carbons (Fsp3) is 0. The second-order valence-electron chi connectivity index (χ2n) is 3.65. The molecule has 0 radical (unpaired) electrons. The zero-order valence-electron chi connectivity index (χ0n) is 9.19. The van der Waals surface area contributed by atoms with Gasteiger partial charge < -0.3 is 5.11 Å². The third kappa shape index (κ3) is 1.60. The maximum Gasteiger partial charge on any atom is 0.356 e. The second kappa shape index (κ2) is 3.92. The molecule has 1 N–H and O–H groups in total. The minimum absolute atomic E-state index is 0.0362. The highest BCUT2D eigenvalue weighted by molar-refractivity contribution is 5.86. The molecule has 6 nitrogen and oxygen atoms in total. The van der Waals surface area contributed by atoms with E-state index >= 15 is 0 Å². The van der Waals surface area contributed by atoms with Crippen LogP contribution in [0.2, 0.25) is 0 Å². The predicted octanol–water partition coefficient (Wildman–Crippen LogP) is 1.49. The Labute approximate surface area is 102 Å². The van der Waals surface area contributed by atoms with E-state index in [0.29, 0.717) is 17.0 Å². The lowest BCUT2D eigenvalue weighted by molar-refractivity contribution is 0.0690. The summed E-state index contributed by atoms with van der Waals surface area (Å²) in [6.07, 6.45) is 3.27. The molecule has 0 saturated carbocycles. The summed E-state index contributed by atoms with van der Waals surface area (Å²) < 4.78 is 1.48. The van der Waals surface area contributed by atoms with Crippen molar-refractivity contribution in [1.82, 2.24) is 19.6 Å². The number of carbonyl (C=O) groups is 1. The van der Waals surface area contributed by atoms with Crippen LogP contribution in [-0.2, 0) is 0 Å². The van der Waals surface area contributed by atoms with Crippen LogP contribution in [0.1, 0.15) is 10.5 Å². The molecule has 88 valence electrons. The van der Waals surface area contributed by atoms with Crippen LogP contribution in [0.5, 0.6) is 0 Å². The second-order valence-corrected chi connectivity index (χ2v) is 3.65. The zero-order chi connectivity index (χ0) is 12.5. The Balaban J connectivity index is 2.27. The molecule has 0 amide bonds. The first kappa shape index (κ1) is 10.4. The van der Waals surface area contributed by atoms with E-state index in [1.165, 1.54) is 10.6 Å². The highest BCUT2D eigenvalue weighted by atomic mass is 16.4. The molecular weight excluding hydrogens is 232 g/mol. The summed E-state index contributed by atoms with van der Waals surface area (Å²) in [6.45, 7) is 0. The van der Waals surface area contributed by atoms with Gasteiger partial charge >= 0.3 is 5.97 Å². The van der Waals surface area contributed by atoms with E-state index in [-0.39, 0.29) is 5.69 Å². The number of aromatic carboxylic acids is 1. The number of carboxylic acid groups (broad SMARTS) is 1. The molecule has 3 aromatic heterocycles. The third-order valence-corrected chi connectivity index (χ3v) is 2.50. The van der Waals surface area contributed by atoms with Crippen molar-refractivity contribution in [3.63, 3.8) is 0 Å². The van der Waals surface area contributed by atoms with Crippen molar-refractivity contribution in [2.75, 3.05) is 0 Å². The molecular formula is C12H8N4O2. The molecule has 0 fully saturated rings. The average molecular weight is 240 g/mol. The van der Waals surface area contributed by atoms with Crippen molar-refractivity contribution in [3.05, 3.63) is 48.4 Å². The molecule has 0 spiro atoms. The van der Waals surface area contributed by atoms with E-state index in [2.05, 4.69) is 15.1 Å². The highest BCUT2D eigenvalue weighted by Gasteiger charge is 2.12. The largest absolute Gasteiger partial charge is 0.476 e. The van der Waals surface area contributed by atoms with E-state index in [4.69, 9.17) is 5.11 Å². The number of hydrogen-bond acceptors (Lipinski definition) is 4. The van der Waals surface area contributed by atoms with Crippen LogP contribution in [0.4, 0.5) is 0 Å². The molecule has 0 unspecified atom stereocenters. The normalized spacial score (nSPS) is 10.7. The fourth-order valence-electron chi connectivity index (χ4n) is 1.71. The molecule has 6 heteroatoms. The van der Waals surface area contributed by atoms with Gasteiger partial charge in [0.2, 0.25) is 0 Å². The summed E-state index contributed by atoms with van der Waals surface area (Å²) >= 11 is 0. The van der Waals surface area contributed by atoms with Gasteiger partial charge in [-0.05, 0) is 18.2 Å². The first-order chi connectivity index (χ1) is 8.75. The van der Waals surface area contributed by atoms with E-state index in [9.17, 15) is 4.79 Å². The minimum atomic E-state index is -1.08. The van der Waals surface area contributed by atoms with Crippen molar-refractivity contribution < 1.29 is 9.90 Å². The van der Waals surface area contributed by atoms with Crippen LogP contribution in [-0.4, -0.2) is 30.7 Å². The van der Waals surface area contributed by atoms with Crippen molar-refractivity contribution in [2.24, 2.45) is 0 Å². The lowest BCUT2D eigenvalue weighted by Crippen LogP contribution is -2.00. The monoisotopic (exact) mass is 240 g/mol. The Morgan fingerprint density at radius 2 is 2.06 bits per heavy atom. The number of nitrogens with zero attached hydrogens (tertiary/aromatic N) is 4. The van der Waals surface area contributed by atoms with Crippen LogP contribution >= 0.6 is 0 Å². The van der Waals surface area contributed by atoms with Crippen molar-refractivity contribution in [1.29, 1.82) is 0 Å². The molecule has 0 aliphatic heterocycles. The average Bonchev–Trinajstić information content (AvgIpc) is 2.83. The molecule has 18 heavy (non-hydrogen) atoms. The molecule has 3 aromatic rings. The molecule has 0 atom stereocenters. The summed E-state index contributed by atoms with van der Waals surface area (Å²) in [5, 5.41) is 12.9. The Bertz CT molecular complexity index is 721. The molecule has 3 heterocycles. The molecule has 3 rings (SSSR count). The lowest BCUT2D eigenvalue weighted by Gasteiger charge is -2.02. The van der Waals surface area contributed by atoms with Gasteiger partial charge in [0.15, 0.2) is 11.3 Å². The smallest absolute Gasteiger partial charge is 0.356 e. The maximum atomic E-state index is 10.9. The van der Waals surface area contributed by atoms with Crippen molar-refractivity contribution in [3.8, 4) is 11.4 Å². The standard InChI is InChI=1S/C12H8N4O2/c17-12(18)9-7-11-14-6-4-10(16(11)15-9)8-3-1-2-5-13-8/h1-7H,(H,17,18). The van der Waals surface area contributed by atoms with Crippen LogP contribution in [0.3, 0.4) is 0 Å². The molecule has 0 saturated heterocycles. The van der Waals surface area contributed by atoms with Crippen LogP contribution in [0.15, 0.2) is 42.7 Å². The van der Waals surface area contributed by atoms with E-state index < -0.39 is 5.97 Å². The lowest BCUT2D eigenvalue weighted by atomic mass is 10.2. The fourth-order valence-corrected chi connectivity index (χ4v) is 1.71. The van der Waals surface area contributed by atoms with E-state index in [0.717, 1.165) is 0 Å². The van der Waals surface area contributed by atoms with Gasteiger partial charge in [-0.25, -0.2) is 14.3 Å². The Morgan fingerprint density at radius 3 is 2.78 bits per heavy atom. The summed E-state index contributed by atoms with van der Waals surface area (Å²) in [7, 11) is 0. The quantitative estimate of drug-likeness (QED) is 0.734. The predicted molar refractivity (Wildman–Crippen MR) is 63.2 cm³/mol. The third-order valence-electron chi connectivity index (χ3n) is 2.50. The van der Waals surface area contributed by atoms with Crippen molar-refractivity contribution >= 4 is 11.6 Å². The van der Waals surface area contributed by atoms with Gasteiger partial charge in [-0.1, -0.05) is 6.07 Å².